The summed E-state index contributed by atoms with van der Waals surface area (Å²) in [6.07, 6.45) is 16.8. The van der Waals surface area contributed by atoms with Gasteiger partial charge in [0.25, 0.3) is 0 Å². The van der Waals surface area contributed by atoms with E-state index < -0.39 is 0 Å². The van der Waals surface area contributed by atoms with E-state index in [2.05, 4.69) is 13.8 Å². The van der Waals surface area contributed by atoms with Crippen LogP contribution in [0.2, 0.25) is 0 Å². The lowest BCUT2D eigenvalue weighted by atomic mass is 9.65. The molecule has 0 aromatic heterocycles. The van der Waals surface area contributed by atoms with E-state index in [0.717, 1.165) is 75.5 Å². The molecule has 5 atom stereocenters. The maximum atomic E-state index is 15.6. The summed E-state index contributed by atoms with van der Waals surface area (Å²) in [5.74, 6) is 1.49. The number of hydrogen-bond donors (Lipinski definition) is 0. The SMILES string of the molecule is CCCCCOC1CCC2CC(c3c(F)cc4c(c3F)CCC(CCCC)C4)CCC2C1. The summed E-state index contributed by atoms with van der Waals surface area (Å²) >= 11 is 0. The van der Waals surface area contributed by atoms with Gasteiger partial charge in [0.05, 0.1) is 6.10 Å². The van der Waals surface area contributed by atoms with Crippen LogP contribution in [-0.4, -0.2) is 12.7 Å². The monoisotopic (exact) mass is 446 g/mol. The molecule has 5 unspecified atom stereocenters. The molecule has 0 spiro atoms. The summed E-state index contributed by atoms with van der Waals surface area (Å²) in [4.78, 5) is 0. The Morgan fingerprint density at radius 3 is 2.50 bits per heavy atom. The normalized spacial score (nSPS) is 30.1. The minimum absolute atomic E-state index is 0.0568. The van der Waals surface area contributed by atoms with Crippen molar-refractivity contribution < 1.29 is 13.5 Å². The number of halogens is 2. The lowest BCUT2D eigenvalue weighted by Gasteiger charge is -2.42. The molecule has 3 aliphatic rings. The fourth-order valence-electron chi connectivity index (χ4n) is 6.92. The van der Waals surface area contributed by atoms with Gasteiger partial charge in [0.2, 0.25) is 0 Å². The number of hydrogen-bond acceptors (Lipinski definition) is 1. The number of benzene rings is 1. The Kier molecular flexibility index (Phi) is 8.65. The molecule has 0 heterocycles. The number of fused-ring (bicyclic) bond motifs is 2. The van der Waals surface area contributed by atoms with Crippen LogP contribution in [0.3, 0.4) is 0 Å². The van der Waals surface area contributed by atoms with Crippen molar-refractivity contribution >= 4 is 0 Å². The number of unbranched alkanes of at least 4 members (excludes halogenated alkanes) is 3. The highest BCUT2D eigenvalue weighted by molar-refractivity contribution is 5.39. The standard InChI is InChI=1S/C29H44F2O/c1-3-5-7-15-32-25-13-12-21-17-23(11-10-22(21)18-25)28-27(30)19-24-16-20(8-6-4-2)9-14-26(24)29(28)31/h19-23,25H,3-18H2,1-2H3. The van der Waals surface area contributed by atoms with Crippen LogP contribution in [0, 0.1) is 29.4 Å². The van der Waals surface area contributed by atoms with Gasteiger partial charge in [-0.1, -0.05) is 46.0 Å². The van der Waals surface area contributed by atoms with Gasteiger partial charge in [-0.3, -0.25) is 0 Å². The van der Waals surface area contributed by atoms with Gasteiger partial charge in [-0.15, -0.1) is 0 Å². The Hall–Kier alpha value is -0.960. The van der Waals surface area contributed by atoms with Gasteiger partial charge in [-0.2, -0.15) is 0 Å². The van der Waals surface area contributed by atoms with Crippen LogP contribution in [-0.2, 0) is 17.6 Å². The zero-order valence-corrected chi connectivity index (χ0v) is 20.4. The second-order valence-corrected chi connectivity index (χ2v) is 11.0. The van der Waals surface area contributed by atoms with Crippen molar-refractivity contribution in [3.05, 3.63) is 34.4 Å². The first-order valence-electron chi connectivity index (χ1n) is 13.7. The molecular weight excluding hydrogens is 402 g/mol. The van der Waals surface area contributed by atoms with Gasteiger partial charge in [-0.25, -0.2) is 8.78 Å². The third kappa shape index (κ3) is 5.57. The Morgan fingerprint density at radius 1 is 0.906 bits per heavy atom. The fourth-order valence-corrected chi connectivity index (χ4v) is 6.92. The van der Waals surface area contributed by atoms with Crippen molar-refractivity contribution in [1.29, 1.82) is 0 Å². The predicted molar refractivity (Wildman–Crippen MR) is 128 cm³/mol. The highest BCUT2D eigenvalue weighted by atomic mass is 19.1. The summed E-state index contributed by atoms with van der Waals surface area (Å²) < 4.78 is 37.0. The van der Waals surface area contributed by atoms with Gasteiger partial charge in [0, 0.05) is 12.2 Å². The van der Waals surface area contributed by atoms with E-state index in [0.29, 0.717) is 29.4 Å². The average molecular weight is 447 g/mol. The van der Waals surface area contributed by atoms with Gasteiger partial charge in [-0.05, 0) is 105 Å². The van der Waals surface area contributed by atoms with E-state index in [4.69, 9.17) is 4.74 Å². The molecule has 2 fully saturated rings. The molecule has 0 radical (unpaired) electrons. The highest BCUT2D eigenvalue weighted by Crippen LogP contribution is 2.48. The molecule has 3 aliphatic carbocycles. The summed E-state index contributed by atoms with van der Waals surface area (Å²) in [6.45, 7) is 5.33. The highest BCUT2D eigenvalue weighted by Gasteiger charge is 2.38. The maximum absolute atomic E-state index is 15.6. The van der Waals surface area contributed by atoms with Gasteiger partial charge < -0.3 is 4.74 Å². The second-order valence-electron chi connectivity index (χ2n) is 11.0. The van der Waals surface area contributed by atoms with Crippen LogP contribution < -0.4 is 0 Å². The minimum Gasteiger partial charge on any atom is -0.378 e. The molecule has 4 rings (SSSR count). The van der Waals surface area contributed by atoms with Crippen LogP contribution in [0.1, 0.15) is 120 Å². The van der Waals surface area contributed by atoms with Crippen molar-refractivity contribution in [3.63, 3.8) is 0 Å². The first-order valence-corrected chi connectivity index (χ1v) is 13.7. The zero-order valence-electron chi connectivity index (χ0n) is 20.4. The largest absolute Gasteiger partial charge is 0.378 e. The lowest BCUT2D eigenvalue weighted by molar-refractivity contribution is -0.0165. The van der Waals surface area contributed by atoms with Crippen LogP contribution in [0.4, 0.5) is 8.78 Å². The Labute approximate surface area is 194 Å². The molecule has 0 bridgehead atoms. The average Bonchev–Trinajstić information content (AvgIpc) is 2.80. The minimum atomic E-state index is -0.270. The molecule has 32 heavy (non-hydrogen) atoms. The Morgan fingerprint density at radius 2 is 1.69 bits per heavy atom. The quantitative estimate of drug-likeness (QED) is 0.345. The third-order valence-corrected chi connectivity index (χ3v) is 8.80. The Balaban J connectivity index is 1.38. The van der Waals surface area contributed by atoms with Crippen molar-refractivity contribution in [1.82, 2.24) is 0 Å². The molecule has 1 nitrogen and oxygen atoms in total. The van der Waals surface area contributed by atoms with E-state index >= 15 is 8.78 Å². The fraction of sp³-hybridized carbons (Fsp3) is 0.793. The predicted octanol–water partition coefficient (Wildman–Crippen LogP) is 8.52. The van der Waals surface area contributed by atoms with E-state index in [-0.39, 0.29) is 17.6 Å². The van der Waals surface area contributed by atoms with E-state index in [1.165, 1.54) is 38.5 Å². The summed E-state index contributed by atoms with van der Waals surface area (Å²) in [6, 6.07) is 1.71. The molecule has 3 heteroatoms. The summed E-state index contributed by atoms with van der Waals surface area (Å²) in [5, 5.41) is 0. The first kappa shape index (κ1) is 24.2. The van der Waals surface area contributed by atoms with Crippen molar-refractivity contribution in [2.24, 2.45) is 17.8 Å². The van der Waals surface area contributed by atoms with E-state index in [1.54, 1.807) is 6.07 Å². The molecule has 0 aliphatic heterocycles. The lowest BCUT2D eigenvalue weighted by Crippen LogP contribution is -2.34. The van der Waals surface area contributed by atoms with Crippen LogP contribution in [0.5, 0.6) is 0 Å². The summed E-state index contributed by atoms with van der Waals surface area (Å²) in [5.41, 5.74) is 2.21. The zero-order chi connectivity index (χ0) is 22.5. The molecule has 180 valence electrons. The molecule has 1 aromatic carbocycles. The first-order chi connectivity index (χ1) is 15.6. The molecule has 1 aromatic rings. The molecule has 0 amide bonds. The molecule has 2 saturated carbocycles. The van der Waals surface area contributed by atoms with E-state index in [9.17, 15) is 0 Å². The Bertz CT molecular complexity index is 745. The van der Waals surface area contributed by atoms with E-state index in [1.807, 2.05) is 0 Å². The summed E-state index contributed by atoms with van der Waals surface area (Å²) in [7, 11) is 0. The maximum Gasteiger partial charge on any atom is 0.133 e. The number of rotatable bonds is 9. The third-order valence-electron chi connectivity index (χ3n) is 8.80. The van der Waals surface area contributed by atoms with Crippen LogP contribution in [0.25, 0.3) is 0 Å². The van der Waals surface area contributed by atoms with Gasteiger partial charge in [0.15, 0.2) is 0 Å². The van der Waals surface area contributed by atoms with Crippen LogP contribution in [0.15, 0.2) is 6.07 Å². The van der Waals surface area contributed by atoms with Crippen molar-refractivity contribution in [3.8, 4) is 0 Å². The van der Waals surface area contributed by atoms with Crippen molar-refractivity contribution in [2.45, 2.75) is 122 Å². The molecule has 0 saturated heterocycles. The molecular formula is C29H44F2O. The van der Waals surface area contributed by atoms with Gasteiger partial charge in [0.1, 0.15) is 11.6 Å². The smallest absolute Gasteiger partial charge is 0.133 e. The van der Waals surface area contributed by atoms with Gasteiger partial charge >= 0.3 is 0 Å². The number of ether oxygens (including phenoxy) is 1. The second kappa shape index (κ2) is 11.4. The topological polar surface area (TPSA) is 9.23 Å². The molecule has 0 N–H and O–H groups in total. The van der Waals surface area contributed by atoms with Crippen molar-refractivity contribution in [2.75, 3.05) is 6.61 Å². The van der Waals surface area contributed by atoms with Crippen LogP contribution >= 0.6 is 0 Å².